The minimum atomic E-state index is 0. The van der Waals surface area contributed by atoms with Crippen molar-refractivity contribution in [1.29, 1.82) is 0 Å². The lowest BCUT2D eigenvalue weighted by Gasteiger charge is -2.22. The van der Waals surface area contributed by atoms with Crippen molar-refractivity contribution in [2.24, 2.45) is 5.73 Å². The molecule has 3 N–H and O–H groups in total. The number of nitrogens with two attached hydrogens (primary N) is 1. The second-order valence-electron chi connectivity index (χ2n) is 5.61. The monoisotopic (exact) mass is 383 g/mol. The van der Waals surface area contributed by atoms with Crippen LogP contribution < -0.4 is 11.1 Å². The summed E-state index contributed by atoms with van der Waals surface area (Å²) >= 11 is 0. The Bertz CT molecular complexity index is 540. The third-order valence-corrected chi connectivity index (χ3v) is 3.57. The predicted octanol–water partition coefficient (Wildman–Crippen LogP) is 3.00. The molecule has 0 aliphatic heterocycles. The highest BCUT2D eigenvalue weighted by Gasteiger charge is 2.11. The summed E-state index contributed by atoms with van der Waals surface area (Å²) in [5.41, 5.74) is 7.87. The lowest BCUT2D eigenvalue weighted by Crippen LogP contribution is -2.37. The Balaban J connectivity index is 0.00000288. The Kier molecular flexibility index (Phi) is 12.8. The standard InChI is InChI=1S/C19H25N3O.2ClH/c20-12-7-13-21-19(23)16-22(14-17-8-3-1-4-9-17)15-18-10-5-2-6-11-18;;/h1-6,8-11H,7,12-16,20H2,(H,21,23);2*1H. The molecule has 2 aromatic carbocycles. The molecular formula is C19H27Cl2N3O. The smallest absolute Gasteiger partial charge is 0.234 e. The fraction of sp³-hybridized carbons (Fsp3) is 0.316. The molecule has 0 unspecified atom stereocenters. The van der Waals surface area contributed by atoms with Gasteiger partial charge in [-0.25, -0.2) is 0 Å². The fourth-order valence-electron chi connectivity index (χ4n) is 2.44. The Labute approximate surface area is 162 Å². The first-order valence-corrected chi connectivity index (χ1v) is 8.05. The number of rotatable bonds is 9. The molecule has 25 heavy (non-hydrogen) atoms. The number of carbonyl (C=O) groups is 1. The van der Waals surface area contributed by atoms with Gasteiger partial charge >= 0.3 is 0 Å². The van der Waals surface area contributed by atoms with Crippen molar-refractivity contribution in [3.63, 3.8) is 0 Å². The van der Waals surface area contributed by atoms with Crippen LogP contribution >= 0.6 is 24.8 Å². The van der Waals surface area contributed by atoms with E-state index in [1.165, 1.54) is 11.1 Å². The highest BCUT2D eigenvalue weighted by molar-refractivity contribution is 5.85. The molecule has 0 aliphatic carbocycles. The first-order valence-electron chi connectivity index (χ1n) is 8.05. The number of hydrogen-bond donors (Lipinski definition) is 2. The Hall–Kier alpha value is -1.59. The molecule has 0 heterocycles. The van der Waals surface area contributed by atoms with Gasteiger partial charge in [0.15, 0.2) is 0 Å². The number of hydrogen-bond acceptors (Lipinski definition) is 3. The van der Waals surface area contributed by atoms with Crippen LogP contribution in [0.4, 0.5) is 0 Å². The molecule has 0 fully saturated rings. The van der Waals surface area contributed by atoms with Crippen molar-refractivity contribution < 1.29 is 4.79 Å². The van der Waals surface area contributed by atoms with Gasteiger partial charge in [0.2, 0.25) is 5.91 Å². The minimum absolute atomic E-state index is 0. The molecule has 138 valence electrons. The minimum Gasteiger partial charge on any atom is -0.355 e. The van der Waals surface area contributed by atoms with Gasteiger partial charge in [0, 0.05) is 19.6 Å². The predicted molar refractivity (Wildman–Crippen MR) is 108 cm³/mol. The zero-order valence-corrected chi connectivity index (χ0v) is 15.9. The van der Waals surface area contributed by atoms with Gasteiger partial charge in [-0.3, -0.25) is 9.69 Å². The molecule has 0 radical (unpaired) electrons. The molecule has 0 aliphatic rings. The Morgan fingerprint density at radius 3 is 1.80 bits per heavy atom. The van der Waals surface area contributed by atoms with Crippen LogP contribution in [0.2, 0.25) is 0 Å². The summed E-state index contributed by atoms with van der Waals surface area (Å²) in [6.45, 7) is 3.12. The highest BCUT2D eigenvalue weighted by atomic mass is 35.5. The number of nitrogens with one attached hydrogen (secondary N) is 1. The van der Waals surface area contributed by atoms with E-state index in [2.05, 4.69) is 34.5 Å². The third kappa shape index (κ3) is 9.46. The molecule has 0 spiro atoms. The van der Waals surface area contributed by atoms with E-state index in [9.17, 15) is 4.79 Å². The molecule has 2 rings (SSSR count). The average molecular weight is 384 g/mol. The largest absolute Gasteiger partial charge is 0.355 e. The van der Waals surface area contributed by atoms with E-state index in [0.29, 0.717) is 19.6 Å². The highest BCUT2D eigenvalue weighted by Crippen LogP contribution is 2.09. The van der Waals surface area contributed by atoms with Crippen LogP contribution in [0.3, 0.4) is 0 Å². The zero-order valence-electron chi connectivity index (χ0n) is 14.3. The summed E-state index contributed by atoms with van der Waals surface area (Å²) in [5.74, 6) is 0.0466. The summed E-state index contributed by atoms with van der Waals surface area (Å²) in [7, 11) is 0. The van der Waals surface area contributed by atoms with E-state index in [-0.39, 0.29) is 30.7 Å². The van der Waals surface area contributed by atoms with Gasteiger partial charge in [-0.15, -0.1) is 24.8 Å². The summed E-state index contributed by atoms with van der Waals surface area (Å²) in [6.07, 6.45) is 0.809. The number of amides is 1. The van der Waals surface area contributed by atoms with Crippen LogP contribution in [0.5, 0.6) is 0 Å². The van der Waals surface area contributed by atoms with Crippen molar-refractivity contribution in [3.05, 3.63) is 71.8 Å². The molecule has 2 aromatic rings. The molecule has 4 nitrogen and oxygen atoms in total. The lowest BCUT2D eigenvalue weighted by molar-refractivity contribution is -0.122. The molecule has 0 bridgehead atoms. The van der Waals surface area contributed by atoms with Crippen LogP contribution in [0.1, 0.15) is 17.5 Å². The number of benzene rings is 2. The SMILES string of the molecule is Cl.Cl.NCCCNC(=O)CN(Cc1ccccc1)Cc1ccccc1. The molecule has 6 heteroatoms. The summed E-state index contributed by atoms with van der Waals surface area (Å²) in [5, 5.41) is 2.93. The topological polar surface area (TPSA) is 58.4 Å². The lowest BCUT2D eigenvalue weighted by atomic mass is 10.1. The second kappa shape index (κ2) is 13.7. The number of halogens is 2. The van der Waals surface area contributed by atoms with E-state index in [4.69, 9.17) is 5.73 Å². The third-order valence-electron chi connectivity index (χ3n) is 3.57. The molecule has 0 aromatic heterocycles. The quantitative estimate of drug-likeness (QED) is 0.654. The molecule has 0 saturated heterocycles. The first-order chi connectivity index (χ1) is 11.3. The maximum atomic E-state index is 12.1. The van der Waals surface area contributed by atoms with Gasteiger partial charge in [0.25, 0.3) is 0 Å². The Morgan fingerprint density at radius 1 is 0.880 bits per heavy atom. The van der Waals surface area contributed by atoms with Gasteiger partial charge in [0.05, 0.1) is 6.54 Å². The van der Waals surface area contributed by atoms with E-state index < -0.39 is 0 Å². The molecular weight excluding hydrogens is 357 g/mol. The summed E-state index contributed by atoms with van der Waals surface area (Å²) in [4.78, 5) is 14.3. The molecule has 0 saturated carbocycles. The summed E-state index contributed by atoms with van der Waals surface area (Å²) < 4.78 is 0. The van der Waals surface area contributed by atoms with Crippen LogP contribution in [-0.4, -0.2) is 30.4 Å². The fourth-order valence-corrected chi connectivity index (χ4v) is 2.44. The van der Waals surface area contributed by atoms with Gasteiger partial charge in [-0.2, -0.15) is 0 Å². The summed E-state index contributed by atoms with van der Waals surface area (Å²) in [6, 6.07) is 20.5. The van der Waals surface area contributed by atoms with Crippen molar-refractivity contribution in [2.45, 2.75) is 19.5 Å². The van der Waals surface area contributed by atoms with Crippen LogP contribution in [0.15, 0.2) is 60.7 Å². The van der Waals surface area contributed by atoms with Crippen LogP contribution in [0.25, 0.3) is 0 Å². The normalized spacial score (nSPS) is 9.84. The maximum absolute atomic E-state index is 12.1. The van der Waals surface area contributed by atoms with Crippen molar-refractivity contribution in [1.82, 2.24) is 10.2 Å². The number of carbonyl (C=O) groups excluding carboxylic acids is 1. The molecule has 0 atom stereocenters. The van der Waals surface area contributed by atoms with Crippen LogP contribution in [-0.2, 0) is 17.9 Å². The van der Waals surface area contributed by atoms with Gasteiger partial charge in [-0.05, 0) is 24.1 Å². The van der Waals surface area contributed by atoms with Gasteiger partial charge < -0.3 is 11.1 Å². The van der Waals surface area contributed by atoms with E-state index in [1.54, 1.807) is 0 Å². The average Bonchev–Trinajstić information content (AvgIpc) is 2.57. The van der Waals surface area contributed by atoms with Crippen molar-refractivity contribution >= 4 is 30.7 Å². The first kappa shape index (κ1) is 23.4. The van der Waals surface area contributed by atoms with E-state index in [0.717, 1.165) is 19.5 Å². The van der Waals surface area contributed by atoms with E-state index in [1.807, 2.05) is 36.4 Å². The van der Waals surface area contributed by atoms with Crippen molar-refractivity contribution in [2.75, 3.05) is 19.6 Å². The molecule has 1 amide bonds. The van der Waals surface area contributed by atoms with Crippen molar-refractivity contribution in [3.8, 4) is 0 Å². The zero-order chi connectivity index (χ0) is 16.3. The van der Waals surface area contributed by atoms with Gasteiger partial charge in [0.1, 0.15) is 0 Å². The number of nitrogens with zero attached hydrogens (tertiary/aromatic N) is 1. The maximum Gasteiger partial charge on any atom is 0.234 e. The second-order valence-corrected chi connectivity index (χ2v) is 5.61. The Morgan fingerprint density at radius 2 is 1.36 bits per heavy atom. The van der Waals surface area contributed by atoms with Gasteiger partial charge in [-0.1, -0.05) is 60.7 Å². The van der Waals surface area contributed by atoms with E-state index >= 15 is 0 Å². The van der Waals surface area contributed by atoms with Crippen LogP contribution in [0, 0.1) is 0 Å².